The van der Waals surface area contributed by atoms with Crippen LogP contribution in [-0.4, -0.2) is 46.1 Å². The Morgan fingerprint density at radius 3 is 2.46 bits per heavy atom. The van der Waals surface area contributed by atoms with Crippen LogP contribution in [0.3, 0.4) is 0 Å². The van der Waals surface area contributed by atoms with Crippen molar-refractivity contribution in [3.05, 3.63) is 34.3 Å². The van der Waals surface area contributed by atoms with E-state index in [0.29, 0.717) is 19.3 Å². The molecule has 0 bridgehead atoms. The Hall–Kier alpha value is -2.41. The number of carbonyl (C=O) groups is 3. The van der Waals surface area contributed by atoms with Crippen LogP contribution in [0.1, 0.15) is 46.5 Å². The van der Waals surface area contributed by atoms with Gasteiger partial charge in [0.1, 0.15) is 5.76 Å². The standard InChI is InChI=1S/C21H26O7/c1-10(22)8-12-15(24)11-9-13(23)18-20(2,14(11)17(26)16(12)25)6-5-7-21(18,3)19(27)28-4/h9-10,18,22,24,26H,5-8H2,1-4H3/t10-,18-,20+,21-/m0/s1. The van der Waals surface area contributed by atoms with Crippen LogP contribution >= 0.6 is 0 Å². The van der Waals surface area contributed by atoms with E-state index < -0.39 is 46.1 Å². The Labute approximate surface area is 163 Å². The number of Topliss-reactive ketones (excluding diaryl/α,β-unsaturated/α-hetero) is 1. The molecule has 0 aromatic carbocycles. The van der Waals surface area contributed by atoms with Gasteiger partial charge in [0.15, 0.2) is 11.5 Å². The summed E-state index contributed by atoms with van der Waals surface area (Å²) >= 11 is 0. The highest BCUT2D eigenvalue weighted by atomic mass is 16.5. The van der Waals surface area contributed by atoms with Crippen LogP contribution in [0.5, 0.6) is 0 Å². The topological polar surface area (TPSA) is 121 Å². The number of aliphatic hydroxyl groups excluding tert-OH is 3. The summed E-state index contributed by atoms with van der Waals surface area (Å²) in [6, 6.07) is 0. The quantitative estimate of drug-likeness (QED) is 0.633. The molecule has 3 aliphatic carbocycles. The summed E-state index contributed by atoms with van der Waals surface area (Å²) in [4.78, 5) is 38.4. The highest BCUT2D eigenvalue weighted by molar-refractivity contribution is 6.12. The Balaban J connectivity index is 2.24. The van der Waals surface area contributed by atoms with Gasteiger partial charge in [0.2, 0.25) is 5.78 Å². The molecule has 1 saturated carbocycles. The number of methoxy groups -OCH3 is 1. The molecule has 3 N–H and O–H groups in total. The number of rotatable bonds is 3. The third-order valence-corrected chi connectivity index (χ3v) is 6.50. The smallest absolute Gasteiger partial charge is 0.312 e. The highest BCUT2D eigenvalue weighted by Crippen LogP contribution is 2.61. The minimum atomic E-state index is -1.10. The van der Waals surface area contributed by atoms with Crippen LogP contribution in [0.25, 0.3) is 0 Å². The van der Waals surface area contributed by atoms with Crippen LogP contribution in [0.15, 0.2) is 34.3 Å². The van der Waals surface area contributed by atoms with Crippen molar-refractivity contribution in [2.75, 3.05) is 7.11 Å². The van der Waals surface area contributed by atoms with Crippen LogP contribution in [0, 0.1) is 16.7 Å². The third kappa shape index (κ3) is 2.64. The molecule has 3 rings (SSSR count). The third-order valence-electron chi connectivity index (χ3n) is 6.50. The molecule has 0 saturated heterocycles. The average molecular weight is 390 g/mol. The highest BCUT2D eigenvalue weighted by Gasteiger charge is 2.61. The van der Waals surface area contributed by atoms with Gasteiger partial charge in [-0.1, -0.05) is 13.3 Å². The maximum absolute atomic E-state index is 13.1. The molecule has 7 heteroatoms. The first-order valence-electron chi connectivity index (χ1n) is 9.42. The summed E-state index contributed by atoms with van der Waals surface area (Å²) in [5.74, 6) is -3.36. The second-order valence-corrected chi connectivity index (χ2v) is 8.51. The Morgan fingerprint density at radius 1 is 1.25 bits per heavy atom. The van der Waals surface area contributed by atoms with Crippen molar-refractivity contribution in [1.82, 2.24) is 0 Å². The number of hydrogen-bond donors (Lipinski definition) is 3. The molecule has 0 radical (unpaired) electrons. The van der Waals surface area contributed by atoms with E-state index in [1.165, 1.54) is 20.1 Å². The maximum Gasteiger partial charge on any atom is 0.312 e. The van der Waals surface area contributed by atoms with Gasteiger partial charge in [-0.3, -0.25) is 14.4 Å². The molecule has 0 aliphatic heterocycles. The summed E-state index contributed by atoms with van der Waals surface area (Å²) in [6.07, 6.45) is 1.66. The van der Waals surface area contributed by atoms with Gasteiger partial charge < -0.3 is 20.1 Å². The molecule has 0 heterocycles. The van der Waals surface area contributed by atoms with Crippen LogP contribution in [0.4, 0.5) is 0 Å². The minimum Gasteiger partial charge on any atom is -0.507 e. The van der Waals surface area contributed by atoms with E-state index in [9.17, 15) is 29.7 Å². The van der Waals surface area contributed by atoms with E-state index in [2.05, 4.69) is 0 Å². The zero-order valence-electron chi connectivity index (χ0n) is 16.5. The lowest BCUT2D eigenvalue weighted by molar-refractivity contribution is -0.165. The van der Waals surface area contributed by atoms with Gasteiger partial charge in [-0.2, -0.15) is 0 Å². The molecule has 152 valence electrons. The molecule has 0 unspecified atom stereocenters. The number of aliphatic hydroxyl groups is 3. The summed E-state index contributed by atoms with van der Waals surface area (Å²) in [5, 5.41) is 31.1. The van der Waals surface area contributed by atoms with Gasteiger partial charge in [-0.05, 0) is 32.8 Å². The normalized spacial score (nSPS) is 33.9. The number of fused-ring (bicyclic) bond motifs is 3. The largest absolute Gasteiger partial charge is 0.507 e. The second kappa shape index (κ2) is 6.58. The number of ketones is 2. The molecule has 4 atom stereocenters. The lowest BCUT2D eigenvalue weighted by Gasteiger charge is -2.53. The van der Waals surface area contributed by atoms with Crippen LogP contribution in [-0.2, 0) is 19.1 Å². The molecule has 0 amide bonds. The van der Waals surface area contributed by atoms with Crippen molar-refractivity contribution < 1.29 is 34.4 Å². The first-order valence-corrected chi connectivity index (χ1v) is 9.42. The lowest BCUT2D eigenvalue weighted by Crippen LogP contribution is -2.55. The van der Waals surface area contributed by atoms with E-state index in [0.717, 1.165) is 0 Å². The zero-order chi connectivity index (χ0) is 21.0. The summed E-state index contributed by atoms with van der Waals surface area (Å²) < 4.78 is 4.96. The Bertz CT molecular complexity index is 860. The van der Waals surface area contributed by atoms with E-state index in [4.69, 9.17) is 4.74 Å². The monoisotopic (exact) mass is 390 g/mol. The van der Waals surface area contributed by atoms with Crippen LogP contribution < -0.4 is 0 Å². The fourth-order valence-corrected chi connectivity index (χ4v) is 5.37. The molecule has 1 fully saturated rings. The van der Waals surface area contributed by atoms with Gasteiger partial charge in [0.05, 0.1) is 18.6 Å². The molecule has 0 aromatic rings. The molecule has 0 spiro atoms. The molecule has 28 heavy (non-hydrogen) atoms. The number of allylic oxidation sites excluding steroid dienone is 3. The molecular formula is C21H26O7. The van der Waals surface area contributed by atoms with Crippen LogP contribution in [0.2, 0.25) is 0 Å². The average Bonchev–Trinajstić information content (AvgIpc) is 2.61. The molecule has 3 aliphatic rings. The first-order chi connectivity index (χ1) is 13.0. The van der Waals surface area contributed by atoms with E-state index in [1.807, 2.05) is 0 Å². The summed E-state index contributed by atoms with van der Waals surface area (Å²) in [6.45, 7) is 4.88. The summed E-state index contributed by atoms with van der Waals surface area (Å²) in [7, 11) is 1.27. The second-order valence-electron chi connectivity index (χ2n) is 8.51. The molecule has 0 aromatic heterocycles. The number of carbonyl (C=O) groups excluding carboxylic acids is 3. The van der Waals surface area contributed by atoms with Crippen molar-refractivity contribution in [3.8, 4) is 0 Å². The van der Waals surface area contributed by atoms with Crippen molar-refractivity contribution in [3.63, 3.8) is 0 Å². The van der Waals surface area contributed by atoms with Crippen molar-refractivity contribution >= 4 is 17.5 Å². The fraction of sp³-hybridized carbons (Fsp3) is 0.571. The SMILES string of the molecule is COC(=O)[C@@]1(C)CCC[C@]2(C)C3=C(O)C(=O)C(C[C@H](C)O)=C(O)C3=CC(=O)[C@H]12. The lowest BCUT2D eigenvalue weighted by atomic mass is 9.48. The fourth-order valence-electron chi connectivity index (χ4n) is 5.37. The van der Waals surface area contributed by atoms with Gasteiger partial charge in [-0.25, -0.2) is 0 Å². The summed E-state index contributed by atoms with van der Waals surface area (Å²) in [5.41, 5.74) is -1.93. The van der Waals surface area contributed by atoms with E-state index >= 15 is 0 Å². The number of ether oxygens (including phenoxy) is 1. The van der Waals surface area contributed by atoms with Crippen molar-refractivity contribution in [2.24, 2.45) is 16.7 Å². The van der Waals surface area contributed by atoms with E-state index in [1.54, 1.807) is 13.8 Å². The predicted octanol–water partition coefficient (Wildman–Crippen LogP) is 2.46. The minimum absolute atomic E-state index is 0.102. The van der Waals surface area contributed by atoms with Gasteiger partial charge in [-0.15, -0.1) is 0 Å². The number of hydrogen-bond acceptors (Lipinski definition) is 7. The maximum atomic E-state index is 13.1. The van der Waals surface area contributed by atoms with Gasteiger partial charge in [0.25, 0.3) is 0 Å². The molecule has 7 nitrogen and oxygen atoms in total. The zero-order valence-corrected chi connectivity index (χ0v) is 16.5. The van der Waals surface area contributed by atoms with Gasteiger partial charge in [0, 0.05) is 34.5 Å². The number of esters is 1. The molecular weight excluding hydrogens is 364 g/mol. The predicted molar refractivity (Wildman–Crippen MR) is 99.3 cm³/mol. The van der Waals surface area contributed by atoms with Gasteiger partial charge >= 0.3 is 5.97 Å². The first kappa shape index (κ1) is 20.3. The van der Waals surface area contributed by atoms with Crippen molar-refractivity contribution in [1.29, 1.82) is 0 Å². The Kier molecular flexibility index (Phi) is 4.78. The Morgan fingerprint density at radius 2 is 1.89 bits per heavy atom. The van der Waals surface area contributed by atoms with Crippen molar-refractivity contribution in [2.45, 2.75) is 52.6 Å². The van der Waals surface area contributed by atoms with E-state index in [-0.39, 0.29) is 28.9 Å².